The Balaban J connectivity index is 1.52. The number of rotatable bonds is 5. The van der Waals surface area contributed by atoms with Gasteiger partial charge in [-0.05, 0) is 74.5 Å². The molecule has 0 aliphatic rings. The largest absolute Gasteiger partial charge is 0.478 e. The van der Waals surface area contributed by atoms with Gasteiger partial charge < -0.3 is 10.1 Å². The van der Waals surface area contributed by atoms with Crippen molar-refractivity contribution in [3.8, 4) is 11.4 Å². The molecule has 0 bridgehead atoms. The number of hydrogen-bond donors (Lipinski definition) is 1. The zero-order valence-electron chi connectivity index (χ0n) is 16.3. The summed E-state index contributed by atoms with van der Waals surface area (Å²) in [4.78, 5) is 14.3. The van der Waals surface area contributed by atoms with Crippen molar-refractivity contribution in [2.75, 3.05) is 5.32 Å². The number of nitrogens with one attached hydrogen (secondary N) is 1. The van der Waals surface area contributed by atoms with Crippen molar-refractivity contribution in [1.29, 1.82) is 0 Å². The zero-order valence-corrected chi connectivity index (χ0v) is 18.6. The molecule has 0 saturated carbocycles. The van der Waals surface area contributed by atoms with Crippen molar-refractivity contribution in [2.24, 2.45) is 0 Å². The van der Waals surface area contributed by atoms with Gasteiger partial charge in [0.05, 0.1) is 5.69 Å². The average Bonchev–Trinajstić information content (AvgIpc) is 3.13. The Morgan fingerprint density at radius 3 is 2.50 bits per heavy atom. The highest BCUT2D eigenvalue weighted by Crippen LogP contribution is 2.24. The monoisotopic (exact) mass is 484 g/mol. The molecule has 0 spiro atoms. The molecule has 6 nitrogen and oxygen atoms in total. The summed E-state index contributed by atoms with van der Waals surface area (Å²) in [7, 11) is 0. The topological polar surface area (TPSA) is 69.0 Å². The number of ether oxygens (including phenoxy) is 1. The maximum Gasteiger partial charge on any atom is 0.267 e. The van der Waals surface area contributed by atoms with Gasteiger partial charge in [0.2, 0.25) is 0 Å². The number of nitrogens with zero attached hydrogens (tertiary/aromatic N) is 3. The minimum absolute atomic E-state index is 0.271. The molecule has 0 aliphatic heterocycles. The number of halogens is 2. The summed E-state index contributed by atoms with van der Waals surface area (Å²) in [6, 6.07) is 20.0. The van der Waals surface area contributed by atoms with Gasteiger partial charge in [-0.15, -0.1) is 10.2 Å². The summed E-state index contributed by atoms with van der Waals surface area (Å²) in [5.41, 5.74) is 1.66. The van der Waals surface area contributed by atoms with E-state index in [1.165, 1.54) is 4.80 Å². The van der Waals surface area contributed by atoms with Crippen molar-refractivity contribution in [3.05, 3.63) is 76.2 Å². The number of aromatic nitrogens is 3. The Morgan fingerprint density at radius 1 is 1.03 bits per heavy atom. The van der Waals surface area contributed by atoms with Crippen LogP contribution in [0.5, 0.6) is 5.75 Å². The molecule has 152 valence electrons. The fourth-order valence-electron chi connectivity index (χ4n) is 2.83. The molecular formula is C22H18BrClN4O2. The van der Waals surface area contributed by atoms with Gasteiger partial charge in [-0.2, -0.15) is 4.80 Å². The molecule has 0 saturated heterocycles. The second-order valence-corrected chi connectivity index (χ2v) is 8.55. The van der Waals surface area contributed by atoms with Crippen LogP contribution in [0.1, 0.15) is 13.8 Å². The van der Waals surface area contributed by atoms with E-state index in [1.54, 1.807) is 50.2 Å². The molecule has 0 fully saturated rings. The van der Waals surface area contributed by atoms with Crippen LogP contribution in [0.4, 0.5) is 5.69 Å². The summed E-state index contributed by atoms with van der Waals surface area (Å²) < 4.78 is 6.81. The summed E-state index contributed by atoms with van der Waals surface area (Å²) in [6.07, 6.45) is 0. The van der Waals surface area contributed by atoms with Crippen LogP contribution in [0.15, 0.2) is 71.2 Å². The van der Waals surface area contributed by atoms with Gasteiger partial charge in [-0.3, -0.25) is 4.79 Å². The lowest BCUT2D eigenvalue weighted by molar-refractivity contribution is -0.128. The first-order valence-electron chi connectivity index (χ1n) is 9.19. The van der Waals surface area contributed by atoms with E-state index in [2.05, 4.69) is 31.4 Å². The number of carbonyl (C=O) groups excluding carboxylic acids is 1. The van der Waals surface area contributed by atoms with Crippen molar-refractivity contribution >= 4 is 50.2 Å². The number of fused-ring (bicyclic) bond motifs is 1. The van der Waals surface area contributed by atoms with E-state index in [1.807, 2.05) is 30.3 Å². The molecule has 1 N–H and O–H groups in total. The summed E-state index contributed by atoms with van der Waals surface area (Å²) in [6.45, 7) is 3.44. The summed E-state index contributed by atoms with van der Waals surface area (Å²) >= 11 is 9.44. The molecule has 0 unspecified atom stereocenters. The van der Waals surface area contributed by atoms with Gasteiger partial charge in [0.15, 0.2) is 5.60 Å². The van der Waals surface area contributed by atoms with Gasteiger partial charge in [0.25, 0.3) is 5.91 Å². The number of benzene rings is 3. The molecule has 4 rings (SSSR count). The van der Waals surface area contributed by atoms with E-state index in [-0.39, 0.29) is 5.91 Å². The van der Waals surface area contributed by atoms with Crippen molar-refractivity contribution in [3.63, 3.8) is 0 Å². The standard InChI is InChI=1S/C22H18BrClN4O2/c1-22(2,30-18-9-6-14(23)7-10-18)21(29)25-16-8-11-19-20(13-16)27-28(26-19)17-5-3-4-15(24)12-17/h3-13H,1-2H3,(H,25,29). The van der Waals surface area contributed by atoms with Gasteiger partial charge >= 0.3 is 0 Å². The van der Waals surface area contributed by atoms with Gasteiger partial charge in [-0.1, -0.05) is 33.6 Å². The van der Waals surface area contributed by atoms with E-state index < -0.39 is 5.60 Å². The van der Waals surface area contributed by atoms with Crippen molar-refractivity contribution < 1.29 is 9.53 Å². The Morgan fingerprint density at radius 2 is 1.77 bits per heavy atom. The second kappa shape index (κ2) is 8.08. The summed E-state index contributed by atoms with van der Waals surface area (Å²) in [5.74, 6) is 0.338. The molecule has 1 heterocycles. The predicted octanol–water partition coefficient (Wildman–Crippen LogP) is 5.63. The highest BCUT2D eigenvalue weighted by molar-refractivity contribution is 9.10. The third-order valence-electron chi connectivity index (χ3n) is 4.41. The molecule has 8 heteroatoms. The van der Waals surface area contributed by atoms with Crippen molar-refractivity contribution in [2.45, 2.75) is 19.4 Å². The van der Waals surface area contributed by atoms with Gasteiger partial charge in [-0.25, -0.2) is 0 Å². The highest BCUT2D eigenvalue weighted by atomic mass is 79.9. The first-order valence-corrected chi connectivity index (χ1v) is 10.4. The maximum absolute atomic E-state index is 12.8. The number of carbonyl (C=O) groups is 1. The van der Waals surface area contributed by atoms with E-state index in [0.717, 1.165) is 10.2 Å². The molecule has 0 radical (unpaired) electrons. The van der Waals surface area contributed by atoms with Crippen LogP contribution in [0.2, 0.25) is 5.02 Å². The van der Waals surface area contributed by atoms with E-state index in [4.69, 9.17) is 16.3 Å². The van der Waals surface area contributed by atoms with E-state index in [9.17, 15) is 4.79 Å². The smallest absolute Gasteiger partial charge is 0.267 e. The van der Waals surface area contributed by atoms with Crippen LogP contribution < -0.4 is 10.1 Å². The van der Waals surface area contributed by atoms with Crippen LogP contribution in [0, 0.1) is 0 Å². The first-order chi connectivity index (χ1) is 14.3. The van der Waals surface area contributed by atoms with E-state index in [0.29, 0.717) is 27.5 Å². The lowest BCUT2D eigenvalue weighted by Gasteiger charge is -2.25. The number of anilines is 1. The van der Waals surface area contributed by atoms with Crippen LogP contribution in [0.25, 0.3) is 16.7 Å². The number of hydrogen-bond acceptors (Lipinski definition) is 4. The van der Waals surface area contributed by atoms with Crippen LogP contribution in [-0.2, 0) is 4.79 Å². The minimum Gasteiger partial charge on any atom is -0.478 e. The molecule has 1 amide bonds. The van der Waals surface area contributed by atoms with E-state index >= 15 is 0 Å². The van der Waals surface area contributed by atoms with Gasteiger partial charge in [0, 0.05) is 15.2 Å². The molecule has 0 atom stereocenters. The number of amides is 1. The molecule has 0 aliphatic carbocycles. The predicted molar refractivity (Wildman–Crippen MR) is 121 cm³/mol. The molecule has 4 aromatic rings. The van der Waals surface area contributed by atoms with Crippen LogP contribution >= 0.6 is 27.5 Å². The Kier molecular flexibility index (Phi) is 5.49. The maximum atomic E-state index is 12.8. The highest BCUT2D eigenvalue weighted by Gasteiger charge is 2.30. The first kappa shape index (κ1) is 20.4. The lowest BCUT2D eigenvalue weighted by Crippen LogP contribution is -2.42. The van der Waals surface area contributed by atoms with Crippen LogP contribution in [-0.4, -0.2) is 26.5 Å². The molecule has 30 heavy (non-hydrogen) atoms. The summed E-state index contributed by atoms with van der Waals surface area (Å²) in [5, 5.41) is 12.5. The third kappa shape index (κ3) is 4.47. The van der Waals surface area contributed by atoms with Crippen LogP contribution in [0.3, 0.4) is 0 Å². The second-order valence-electron chi connectivity index (χ2n) is 7.19. The Hall–Kier alpha value is -2.90. The molecular weight excluding hydrogens is 468 g/mol. The lowest BCUT2D eigenvalue weighted by atomic mass is 10.1. The normalized spacial score (nSPS) is 11.5. The minimum atomic E-state index is -1.07. The quantitative estimate of drug-likeness (QED) is 0.398. The fraction of sp³-hybridized carbons (Fsp3) is 0.136. The zero-order chi connectivity index (χ0) is 21.3. The molecule has 3 aromatic carbocycles. The fourth-order valence-corrected chi connectivity index (χ4v) is 3.28. The Bertz CT molecular complexity index is 1220. The Labute approximate surface area is 186 Å². The average molecular weight is 486 g/mol. The van der Waals surface area contributed by atoms with Gasteiger partial charge in [0.1, 0.15) is 16.8 Å². The molecule has 1 aromatic heterocycles. The third-order valence-corrected chi connectivity index (χ3v) is 5.17. The SMILES string of the molecule is CC(C)(Oc1ccc(Br)cc1)C(=O)Nc1ccc2nn(-c3cccc(Cl)c3)nc2c1. The van der Waals surface area contributed by atoms with Crippen molar-refractivity contribution in [1.82, 2.24) is 15.0 Å².